The number of nitrogens with one attached hydrogen (secondary N) is 2. The van der Waals surface area contributed by atoms with E-state index in [1.165, 1.54) is 16.0 Å². The average molecular weight is 399 g/mol. The van der Waals surface area contributed by atoms with Crippen LogP contribution in [0.15, 0.2) is 46.6 Å². The Kier molecular flexibility index (Phi) is 5.16. The number of amides is 2. The molecule has 1 aliphatic rings. The molecule has 4 rings (SSSR count). The van der Waals surface area contributed by atoms with Gasteiger partial charge in [0.2, 0.25) is 0 Å². The van der Waals surface area contributed by atoms with E-state index in [2.05, 4.69) is 15.7 Å². The van der Waals surface area contributed by atoms with Crippen molar-refractivity contribution in [2.45, 2.75) is 25.4 Å². The number of urea groups is 1. The summed E-state index contributed by atoms with van der Waals surface area (Å²) in [5.74, 6) is 1.41. The Hall–Kier alpha value is -3.07. The molecular formula is C19H21N5O3S. The fourth-order valence-electron chi connectivity index (χ4n) is 2.95. The van der Waals surface area contributed by atoms with Gasteiger partial charge in [-0.25, -0.2) is 14.3 Å². The number of nitrogens with zero attached hydrogens (tertiary/aromatic N) is 3. The van der Waals surface area contributed by atoms with Crippen molar-refractivity contribution in [3.8, 4) is 17.1 Å². The van der Waals surface area contributed by atoms with E-state index in [0.717, 1.165) is 29.2 Å². The number of benzene rings is 1. The van der Waals surface area contributed by atoms with E-state index in [1.54, 1.807) is 11.7 Å². The molecular weight excluding hydrogens is 378 g/mol. The molecule has 2 aromatic heterocycles. The minimum absolute atomic E-state index is 0.145. The second-order valence-electron chi connectivity index (χ2n) is 6.52. The molecule has 2 amide bonds. The Balaban J connectivity index is 1.47. The van der Waals surface area contributed by atoms with Crippen LogP contribution in [-0.4, -0.2) is 34.0 Å². The van der Waals surface area contributed by atoms with Gasteiger partial charge in [0.25, 0.3) is 0 Å². The molecule has 0 saturated heterocycles. The average Bonchev–Trinajstić information content (AvgIpc) is 3.31. The first-order valence-electron chi connectivity index (χ1n) is 9.08. The third-order valence-corrected chi connectivity index (χ3v) is 5.28. The number of methoxy groups -OCH3 is 1. The highest BCUT2D eigenvalue weighted by atomic mass is 32.1. The second-order valence-corrected chi connectivity index (χ2v) is 7.46. The van der Waals surface area contributed by atoms with Crippen LogP contribution in [0.25, 0.3) is 11.4 Å². The number of thiophene rings is 1. The molecule has 146 valence electrons. The minimum Gasteiger partial charge on any atom is -0.497 e. The molecule has 0 unspecified atom stereocenters. The van der Waals surface area contributed by atoms with Crippen LogP contribution >= 0.6 is 11.3 Å². The number of carbonyl (C=O) groups excluding carboxylic acids is 1. The zero-order valence-corrected chi connectivity index (χ0v) is 16.2. The molecule has 9 heteroatoms. The molecule has 0 aliphatic heterocycles. The maximum Gasteiger partial charge on any atom is 0.346 e. The Morgan fingerprint density at radius 2 is 2.07 bits per heavy atom. The topological polar surface area (TPSA) is 90.2 Å². The van der Waals surface area contributed by atoms with E-state index < -0.39 is 0 Å². The molecule has 8 nitrogen and oxygen atoms in total. The number of ether oxygens (including phenoxy) is 1. The normalized spacial score (nSPS) is 13.3. The van der Waals surface area contributed by atoms with Gasteiger partial charge in [0.05, 0.1) is 18.7 Å². The quantitative estimate of drug-likeness (QED) is 0.639. The van der Waals surface area contributed by atoms with Crippen LogP contribution in [-0.2, 0) is 6.54 Å². The summed E-state index contributed by atoms with van der Waals surface area (Å²) < 4.78 is 8.37. The highest BCUT2D eigenvalue weighted by Gasteiger charge is 2.30. The van der Waals surface area contributed by atoms with Gasteiger partial charge in [0, 0.05) is 18.2 Å². The van der Waals surface area contributed by atoms with Gasteiger partial charge in [-0.1, -0.05) is 0 Å². The van der Waals surface area contributed by atoms with Gasteiger partial charge < -0.3 is 10.1 Å². The number of hydrogen-bond acceptors (Lipinski definition) is 5. The molecule has 1 fully saturated rings. The van der Waals surface area contributed by atoms with Crippen molar-refractivity contribution in [2.24, 2.45) is 0 Å². The van der Waals surface area contributed by atoms with Gasteiger partial charge in [-0.05, 0) is 54.6 Å². The maximum atomic E-state index is 12.8. The SMILES string of the molecule is COc1ccc(-c2nn(CCNC(=O)Nc3cccs3)c(=O)n2C2CC2)cc1. The summed E-state index contributed by atoms with van der Waals surface area (Å²) in [7, 11) is 1.62. The van der Waals surface area contributed by atoms with Gasteiger partial charge in [-0.2, -0.15) is 0 Å². The van der Waals surface area contributed by atoms with Gasteiger partial charge >= 0.3 is 11.7 Å². The van der Waals surface area contributed by atoms with Crippen LogP contribution < -0.4 is 21.1 Å². The highest BCUT2D eigenvalue weighted by Crippen LogP contribution is 2.36. The molecule has 2 heterocycles. The molecule has 0 spiro atoms. The van der Waals surface area contributed by atoms with Crippen LogP contribution in [0.1, 0.15) is 18.9 Å². The Labute approximate surface area is 165 Å². The lowest BCUT2D eigenvalue weighted by Crippen LogP contribution is -2.34. The van der Waals surface area contributed by atoms with Crippen LogP contribution in [0.4, 0.5) is 9.80 Å². The monoisotopic (exact) mass is 399 g/mol. The first kappa shape index (κ1) is 18.3. The fraction of sp³-hybridized carbons (Fsp3) is 0.316. The van der Waals surface area contributed by atoms with Crippen molar-refractivity contribution in [2.75, 3.05) is 19.0 Å². The molecule has 0 bridgehead atoms. The summed E-state index contributed by atoms with van der Waals surface area (Å²) in [6, 6.07) is 11.1. The summed E-state index contributed by atoms with van der Waals surface area (Å²) >= 11 is 1.45. The van der Waals surface area contributed by atoms with Crippen LogP contribution in [0.3, 0.4) is 0 Å². The van der Waals surface area contributed by atoms with Crippen molar-refractivity contribution >= 4 is 22.4 Å². The zero-order valence-electron chi connectivity index (χ0n) is 15.4. The summed E-state index contributed by atoms with van der Waals surface area (Å²) in [4.78, 5) is 24.7. The summed E-state index contributed by atoms with van der Waals surface area (Å²) in [6.07, 6.45) is 1.96. The van der Waals surface area contributed by atoms with Crippen LogP contribution in [0.2, 0.25) is 0 Å². The first-order valence-corrected chi connectivity index (χ1v) is 9.96. The molecule has 0 atom stereocenters. The van der Waals surface area contributed by atoms with Crippen LogP contribution in [0.5, 0.6) is 5.75 Å². The Morgan fingerprint density at radius 1 is 1.29 bits per heavy atom. The molecule has 1 saturated carbocycles. The maximum absolute atomic E-state index is 12.8. The van der Waals surface area contributed by atoms with E-state index >= 15 is 0 Å². The van der Waals surface area contributed by atoms with E-state index in [-0.39, 0.29) is 17.8 Å². The minimum atomic E-state index is -0.299. The smallest absolute Gasteiger partial charge is 0.346 e. The third-order valence-electron chi connectivity index (χ3n) is 4.50. The van der Waals surface area contributed by atoms with Crippen molar-refractivity contribution in [1.82, 2.24) is 19.7 Å². The number of rotatable bonds is 7. The van der Waals surface area contributed by atoms with Gasteiger partial charge in [-0.15, -0.1) is 16.4 Å². The van der Waals surface area contributed by atoms with E-state index in [0.29, 0.717) is 18.9 Å². The second kappa shape index (κ2) is 7.89. The van der Waals surface area contributed by atoms with E-state index in [9.17, 15) is 9.59 Å². The zero-order chi connectivity index (χ0) is 19.5. The Morgan fingerprint density at radius 3 is 2.71 bits per heavy atom. The van der Waals surface area contributed by atoms with Gasteiger partial charge in [-0.3, -0.25) is 9.88 Å². The van der Waals surface area contributed by atoms with Crippen LogP contribution in [0, 0.1) is 0 Å². The lowest BCUT2D eigenvalue weighted by Gasteiger charge is -2.05. The van der Waals surface area contributed by atoms with Crippen molar-refractivity contribution < 1.29 is 9.53 Å². The molecule has 1 aromatic carbocycles. The lowest BCUT2D eigenvalue weighted by atomic mass is 10.2. The highest BCUT2D eigenvalue weighted by molar-refractivity contribution is 7.14. The molecule has 3 aromatic rings. The summed E-state index contributed by atoms with van der Waals surface area (Å²) in [6.45, 7) is 0.612. The standard InChI is InChI=1S/C19H21N5O3S/c1-27-15-8-4-13(5-9-15)17-22-23(19(26)24(17)14-6-7-14)11-10-20-18(25)21-16-3-2-12-28-16/h2-5,8-9,12,14H,6-7,10-11H2,1H3,(H2,20,21,25). The lowest BCUT2D eigenvalue weighted by molar-refractivity contribution is 0.251. The first-order chi connectivity index (χ1) is 13.7. The predicted molar refractivity (Wildman–Crippen MR) is 108 cm³/mol. The molecule has 0 radical (unpaired) electrons. The van der Waals surface area contributed by atoms with Crippen molar-refractivity contribution in [3.05, 3.63) is 52.3 Å². The van der Waals surface area contributed by atoms with E-state index in [4.69, 9.17) is 4.74 Å². The third kappa shape index (κ3) is 3.94. The summed E-state index contributed by atoms with van der Waals surface area (Å²) in [5, 5.41) is 12.7. The van der Waals surface area contributed by atoms with E-state index in [1.807, 2.05) is 41.8 Å². The number of hydrogen-bond donors (Lipinski definition) is 2. The number of anilines is 1. The Bertz CT molecular complexity index is 1000. The molecule has 2 N–H and O–H groups in total. The number of carbonyl (C=O) groups is 1. The van der Waals surface area contributed by atoms with Gasteiger partial charge in [0.15, 0.2) is 5.82 Å². The predicted octanol–water partition coefficient (Wildman–Crippen LogP) is 2.94. The van der Waals surface area contributed by atoms with Crippen molar-refractivity contribution in [3.63, 3.8) is 0 Å². The fourth-order valence-corrected chi connectivity index (χ4v) is 3.56. The van der Waals surface area contributed by atoms with Gasteiger partial charge in [0.1, 0.15) is 5.75 Å². The molecule has 1 aliphatic carbocycles. The summed E-state index contributed by atoms with van der Waals surface area (Å²) in [5.41, 5.74) is 0.723. The largest absolute Gasteiger partial charge is 0.497 e. The number of aromatic nitrogens is 3. The molecule has 28 heavy (non-hydrogen) atoms. The van der Waals surface area contributed by atoms with Crippen molar-refractivity contribution in [1.29, 1.82) is 0 Å².